The van der Waals surface area contributed by atoms with Crippen LogP contribution in [0.1, 0.15) is 25.8 Å². The summed E-state index contributed by atoms with van der Waals surface area (Å²) in [5, 5.41) is 4.95. The molecule has 6 nitrogen and oxygen atoms in total. The number of imide groups is 1. The Bertz CT molecular complexity index is 551. The van der Waals surface area contributed by atoms with Crippen molar-refractivity contribution in [2.75, 3.05) is 20.7 Å². The van der Waals surface area contributed by atoms with Crippen LogP contribution in [0, 0.1) is 5.82 Å². The number of carbonyl (C=O) groups is 2. The number of hydrogen-bond acceptors (Lipinski definition) is 3. The zero-order valence-electron chi connectivity index (χ0n) is 14.0. The van der Waals surface area contributed by atoms with Crippen LogP contribution in [0.2, 0.25) is 0 Å². The first-order valence-electron chi connectivity index (χ1n) is 7.59. The Morgan fingerprint density at radius 3 is 2.65 bits per heavy atom. The number of hydrogen-bond donors (Lipinski definition) is 3. The molecule has 0 aliphatic heterocycles. The topological polar surface area (TPSA) is 71.9 Å². The molecule has 0 aliphatic rings. The Morgan fingerprint density at radius 2 is 2.09 bits per heavy atom. The summed E-state index contributed by atoms with van der Waals surface area (Å²) >= 11 is 0. The molecule has 1 unspecified atom stereocenters. The summed E-state index contributed by atoms with van der Waals surface area (Å²) < 4.78 is 18.5. The van der Waals surface area contributed by atoms with E-state index in [1.54, 1.807) is 19.2 Å². The molecule has 3 amide bonds. The molecule has 3 N–H and O–H groups in total. The number of likely N-dealkylation sites (N-methyl/N-ethyl adjacent to an activating group) is 1. The number of rotatable bonds is 7. The second kappa shape index (κ2) is 9.09. The van der Waals surface area contributed by atoms with Gasteiger partial charge in [-0.3, -0.25) is 10.1 Å². The van der Waals surface area contributed by atoms with Gasteiger partial charge in [0.1, 0.15) is 6.54 Å². The third-order valence-electron chi connectivity index (χ3n) is 3.43. The van der Waals surface area contributed by atoms with Gasteiger partial charge >= 0.3 is 6.03 Å². The number of quaternary nitrogens is 1. The van der Waals surface area contributed by atoms with Crippen LogP contribution in [0.15, 0.2) is 18.2 Å². The van der Waals surface area contributed by atoms with E-state index in [9.17, 15) is 14.0 Å². The zero-order valence-corrected chi connectivity index (χ0v) is 14.0. The molecule has 128 valence electrons. The van der Waals surface area contributed by atoms with Gasteiger partial charge in [0.2, 0.25) is 0 Å². The smallest absolute Gasteiger partial charge is 0.321 e. The quantitative estimate of drug-likeness (QED) is 0.682. The number of halogens is 1. The lowest BCUT2D eigenvalue weighted by Crippen LogP contribution is -3.09. The van der Waals surface area contributed by atoms with Gasteiger partial charge < -0.3 is 15.0 Å². The fourth-order valence-electron chi connectivity index (χ4n) is 2.04. The second-order valence-corrected chi connectivity index (χ2v) is 5.61. The van der Waals surface area contributed by atoms with E-state index in [2.05, 4.69) is 10.6 Å². The van der Waals surface area contributed by atoms with E-state index in [4.69, 9.17) is 4.74 Å². The van der Waals surface area contributed by atoms with Gasteiger partial charge in [-0.2, -0.15) is 0 Å². The molecule has 2 atom stereocenters. The highest BCUT2D eigenvalue weighted by Crippen LogP contribution is 2.16. The Morgan fingerprint density at radius 1 is 1.39 bits per heavy atom. The Labute approximate surface area is 136 Å². The predicted molar refractivity (Wildman–Crippen MR) is 84.8 cm³/mol. The van der Waals surface area contributed by atoms with Crippen LogP contribution < -0.4 is 20.3 Å². The van der Waals surface area contributed by atoms with Crippen molar-refractivity contribution < 1.29 is 23.6 Å². The van der Waals surface area contributed by atoms with Crippen molar-refractivity contribution in [1.82, 2.24) is 10.6 Å². The Kier molecular flexibility index (Phi) is 7.47. The summed E-state index contributed by atoms with van der Waals surface area (Å²) in [6, 6.07) is 4.20. The van der Waals surface area contributed by atoms with Gasteiger partial charge in [0.25, 0.3) is 5.91 Å². The molecular weight excluding hydrogens is 301 g/mol. The number of benzene rings is 1. The van der Waals surface area contributed by atoms with Gasteiger partial charge in [-0.25, -0.2) is 9.18 Å². The SMILES string of the molecule is CC[C@@H](C)NC(=O)NC(=O)C[NH+](C)Cc1ccc(OC)c(F)c1. The molecule has 0 aromatic heterocycles. The van der Waals surface area contributed by atoms with Crippen LogP contribution in [0.3, 0.4) is 0 Å². The molecule has 0 bridgehead atoms. The first-order valence-corrected chi connectivity index (χ1v) is 7.59. The zero-order chi connectivity index (χ0) is 17.4. The minimum Gasteiger partial charge on any atom is -0.494 e. The summed E-state index contributed by atoms with van der Waals surface area (Å²) in [5.41, 5.74) is 0.748. The highest BCUT2D eigenvalue weighted by Gasteiger charge is 2.15. The van der Waals surface area contributed by atoms with E-state index >= 15 is 0 Å². The van der Waals surface area contributed by atoms with Gasteiger partial charge in [-0.15, -0.1) is 0 Å². The number of amides is 3. The molecule has 1 aromatic carbocycles. The van der Waals surface area contributed by atoms with Crippen LogP contribution in [-0.2, 0) is 11.3 Å². The van der Waals surface area contributed by atoms with E-state index in [-0.39, 0.29) is 24.2 Å². The summed E-state index contributed by atoms with van der Waals surface area (Å²) in [6.07, 6.45) is 0.787. The lowest BCUT2D eigenvalue weighted by Gasteiger charge is -2.15. The highest BCUT2D eigenvalue weighted by atomic mass is 19.1. The van der Waals surface area contributed by atoms with Gasteiger partial charge in [-0.05, 0) is 31.5 Å². The van der Waals surface area contributed by atoms with Crippen LogP contribution >= 0.6 is 0 Å². The largest absolute Gasteiger partial charge is 0.494 e. The van der Waals surface area contributed by atoms with Crippen LogP contribution in [-0.4, -0.2) is 38.7 Å². The molecule has 0 fully saturated rings. The summed E-state index contributed by atoms with van der Waals surface area (Å²) in [4.78, 5) is 24.2. The molecule has 0 saturated carbocycles. The van der Waals surface area contributed by atoms with Crippen molar-refractivity contribution in [3.05, 3.63) is 29.6 Å². The van der Waals surface area contributed by atoms with Gasteiger partial charge in [-0.1, -0.05) is 6.92 Å². The molecule has 0 saturated heterocycles. The standard InChI is InChI=1S/C16H24FN3O3/c1-5-11(2)18-16(22)19-15(21)10-20(3)9-12-6-7-14(23-4)13(17)8-12/h6-8,11H,5,9-10H2,1-4H3,(H2,18,19,21,22)/p+1/t11-/m1/s1. The van der Waals surface area contributed by atoms with Crippen LogP contribution in [0.25, 0.3) is 0 Å². The number of urea groups is 1. The van der Waals surface area contributed by atoms with Crippen LogP contribution in [0.4, 0.5) is 9.18 Å². The fourth-order valence-corrected chi connectivity index (χ4v) is 2.04. The molecule has 0 spiro atoms. The first kappa shape index (κ1) is 18.9. The van der Waals surface area contributed by atoms with Crippen molar-refractivity contribution >= 4 is 11.9 Å². The third-order valence-corrected chi connectivity index (χ3v) is 3.43. The monoisotopic (exact) mass is 326 g/mol. The molecular formula is C16H25FN3O3+. The summed E-state index contributed by atoms with van der Waals surface area (Å²) in [7, 11) is 3.21. The highest BCUT2D eigenvalue weighted by molar-refractivity contribution is 5.94. The number of methoxy groups -OCH3 is 1. The third kappa shape index (κ3) is 6.65. The van der Waals surface area contributed by atoms with Crippen molar-refractivity contribution in [2.24, 2.45) is 0 Å². The van der Waals surface area contributed by atoms with Gasteiger partial charge in [0.15, 0.2) is 18.1 Å². The second-order valence-electron chi connectivity index (χ2n) is 5.61. The molecule has 0 aliphatic carbocycles. The minimum absolute atomic E-state index is 0.00940. The maximum atomic E-state index is 13.6. The van der Waals surface area contributed by atoms with E-state index in [1.165, 1.54) is 13.2 Å². The minimum atomic E-state index is -0.493. The maximum Gasteiger partial charge on any atom is 0.321 e. The Balaban J connectivity index is 2.46. The van der Waals surface area contributed by atoms with Crippen molar-refractivity contribution in [2.45, 2.75) is 32.9 Å². The Hall–Kier alpha value is -2.15. The molecule has 1 rings (SSSR count). The van der Waals surface area contributed by atoms with E-state index in [1.807, 2.05) is 13.8 Å². The van der Waals surface area contributed by atoms with E-state index in [0.717, 1.165) is 16.9 Å². The fraction of sp³-hybridized carbons (Fsp3) is 0.500. The summed E-state index contributed by atoms with van der Waals surface area (Å²) in [6.45, 7) is 4.38. The van der Waals surface area contributed by atoms with Crippen molar-refractivity contribution in [3.8, 4) is 5.75 Å². The van der Waals surface area contributed by atoms with Crippen molar-refractivity contribution in [3.63, 3.8) is 0 Å². The molecule has 23 heavy (non-hydrogen) atoms. The molecule has 1 aromatic rings. The molecule has 0 radical (unpaired) electrons. The summed E-state index contributed by atoms with van der Waals surface area (Å²) in [5.74, 6) is -0.627. The molecule has 0 heterocycles. The van der Waals surface area contributed by atoms with Crippen LogP contribution in [0.5, 0.6) is 5.75 Å². The van der Waals surface area contributed by atoms with Crippen molar-refractivity contribution in [1.29, 1.82) is 0 Å². The lowest BCUT2D eigenvalue weighted by molar-refractivity contribution is -0.885. The van der Waals surface area contributed by atoms with Gasteiger partial charge in [0, 0.05) is 11.6 Å². The first-order chi connectivity index (χ1) is 10.8. The predicted octanol–water partition coefficient (Wildman–Crippen LogP) is 0.473. The van der Waals surface area contributed by atoms with E-state index in [0.29, 0.717) is 6.54 Å². The molecule has 7 heteroatoms. The number of nitrogens with one attached hydrogen (secondary N) is 3. The number of carbonyl (C=O) groups excluding carboxylic acids is 2. The average Bonchev–Trinajstić information content (AvgIpc) is 2.46. The normalized spacial score (nSPS) is 13.1. The maximum absolute atomic E-state index is 13.6. The lowest BCUT2D eigenvalue weighted by atomic mass is 10.2. The van der Waals surface area contributed by atoms with Gasteiger partial charge in [0.05, 0.1) is 14.2 Å². The van der Waals surface area contributed by atoms with E-state index < -0.39 is 11.8 Å². The number of ether oxygens (including phenoxy) is 1. The average molecular weight is 326 g/mol.